The van der Waals surface area contributed by atoms with Gasteiger partial charge in [-0.05, 0) is 17.7 Å². The van der Waals surface area contributed by atoms with Crippen molar-refractivity contribution >= 4 is 17.7 Å². The Kier molecular flexibility index (Phi) is 5.60. The minimum absolute atomic E-state index is 0. The molecule has 0 aromatic carbocycles. The molecule has 15 heavy (non-hydrogen) atoms. The lowest BCUT2D eigenvalue weighted by molar-refractivity contribution is -0.669. The van der Waals surface area contributed by atoms with Crippen LogP contribution in [0.1, 0.15) is 0 Å². The largest absolute Gasteiger partial charge is 1.00 e. The third-order valence-corrected chi connectivity index (χ3v) is 2.09. The van der Waals surface area contributed by atoms with Gasteiger partial charge in [0.15, 0.2) is 6.20 Å². The summed E-state index contributed by atoms with van der Waals surface area (Å²) in [7, 11) is 4.99. The highest BCUT2D eigenvalue weighted by molar-refractivity contribution is 6.29. The molecule has 0 atom stereocenters. The first-order valence-corrected chi connectivity index (χ1v) is 4.43. The molecule has 0 N–H and O–H groups in total. The van der Waals surface area contributed by atoms with Crippen LogP contribution in [0, 0.1) is 0 Å². The second-order valence-corrected chi connectivity index (χ2v) is 3.39. The van der Waals surface area contributed by atoms with E-state index in [9.17, 15) is 4.79 Å². The summed E-state index contributed by atoms with van der Waals surface area (Å²) in [6.45, 7) is 0. The lowest BCUT2D eigenvalue weighted by atomic mass is 10.4. The van der Waals surface area contributed by atoms with Crippen LogP contribution in [0.5, 0.6) is 5.75 Å². The van der Waals surface area contributed by atoms with E-state index in [1.165, 1.54) is 4.90 Å². The Balaban J connectivity index is 0.00000196. The average Bonchev–Trinajstić information content (AvgIpc) is 2.12. The van der Waals surface area contributed by atoms with Gasteiger partial charge in [0.05, 0.1) is 0 Å². The lowest BCUT2D eigenvalue weighted by Gasteiger charge is -2.09. The number of aryl methyl sites for hydroxylation is 1. The molecule has 1 rings (SSSR count). The molecule has 1 aromatic rings. The Morgan fingerprint density at radius 1 is 1.53 bits per heavy atom. The molecule has 4 nitrogen and oxygen atoms in total. The third-order valence-electron chi connectivity index (χ3n) is 1.63. The standard InChI is InChI=1S/C9H12ClN2O2.BrH/c1-11(2)9(13)14-7-5-4-6-12(3)8(7)10;/h4-6H,1-3H3;1H/q+1;/p-1. The fourth-order valence-electron chi connectivity index (χ4n) is 0.829. The molecule has 1 heterocycles. The van der Waals surface area contributed by atoms with Gasteiger partial charge in [0, 0.05) is 20.2 Å². The average molecular weight is 296 g/mol. The number of pyridine rings is 1. The van der Waals surface area contributed by atoms with Crippen molar-refractivity contribution in [1.29, 1.82) is 0 Å². The van der Waals surface area contributed by atoms with E-state index in [1.807, 2.05) is 0 Å². The Bertz CT molecular complexity index is 358. The minimum Gasteiger partial charge on any atom is -1.00 e. The number of ether oxygens (including phenoxy) is 1. The number of carbonyl (C=O) groups excluding carboxylic acids is 1. The zero-order valence-electron chi connectivity index (χ0n) is 8.70. The van der Waals surface area contributed by atoms with Crippen LogP contribution < -0.4 is 26.3 Å². The third kappa shape index (κ3) is 3.68. The molecule has 0 bridgehead atoms. The second-order valence-electron chi connectivity index (χ2n) is 3.04. The van der Waals surface area contributed by atoms with E-state index in [4.69, 9.17) is 16.3 Å². The highest BCUT2D eigenvalue weighted by Crippen LogP contribution is 2.19. The Hall–Kier alpha value is -0.810. The maximum absolute atomic E-state index is 11.2. The predicted molar refractivity (Wildman–Crippen MR) is 52.3 cm³/mol. The van der Waals surface area contributed by atoms with Crippen LogP contribution in [-0.4, -0.2) is 25.1 Å². The first-order valence-electron chi connectivity index (χ1n) is 4.05. The summed E-state index contributed by atoms with van der Waals surface area (Å²) < 4.78 is 6.69. The maximum atomic E-state index is 11.2. The van der Waals surface area contributed by atoms with E-state index in [-0.39, 0.29) is 17.0 Å². The molecule has 0 spiro atoms. The zero-order chi connectivity index (χ0) is 10.7. The second kappa shape index (κ2) is 5.92. The van der Waals surface area contributed by atoms with Crippen LogP contribution in [0.25, 0.3) is 0 Å². The van der Waals surface area contributed by atoms with Gasteiger partial charge in [-0.2, -0.15) is 4.57 Å². The number of nitrogens with zero attached hydrogens (tertiary/aromatic N) is 2. The number of hydrogen-bond donors (Lipinski definition) is 0. The van der Waals surface area contributed by atoms with Crippen molar-refractivity contribution in [3.63, 3.8) is 0 Å². The van der Waals surface area contributed by atoms with Gasteiger partial charge in [0.2, 0.25) is 5.75 Å². The van der Waals surface area contributed by atoms with Crippen LogP contribution in [0.15, 0.2) is 18.3 Å². The molecule has 0 aliphatic heterocycles. The van der Waals surface area contributed by atoms with Crippen molar-refractivity contribution < 1.29 is 31.1 Å². The molecular weight excluding hydrogens is 283 g/mol. The topological polar surface area (TPSA) is 33.4 Å². The summed E-state index contributed by atoms with van der Waals surface area (Å²) in [4.78, 5) is 12.5. The maximum Gasteiger partial charge on any atom is 0.414 e. The van der Waals surface area contributed by atoms with Gasteiger partial charge in [-0.1, -0.05) is 0 Å². The summed E-state index contributed by atoms with van der Waals surface area (Å²) in [5.41, 5.74) is 0. The highest BCUT2D eigenvalue weighted by Gasteiger charge is 2.15. The number of rotatable bonds is 1. The summed E-state index contributed by atoms with van der Waals surface area (Å²) in [6, 6.07) is 3.40. The zero-order valence-corrected chi connectivity index (χ0v) is 11.0. The van der Waals surface area contributed by atoms with Crippen LogP contribution >= 0.6 is 11.6 Å². The van der Waals surface area contributed by atoms with E-state index >= 15 is 0 Å². The smallest absolute Gasteiger partial charge is 0.414 e. The van der Waals surface area contributed by atoms with Gasteiger partial charge in [-0.3, -0.25) is 0 Å². The van der Waals surface area contributed by atoms with Gasteiger partial charge >= 0.3 is 11.2 Å². The number of halogens is 2. The van der Waals surface area contributed by atoms with Crippen molar-refractivity contribution in [2.45, 2.75) is 0 Å². The number of carbonyl (C=O) groups is 1. The molecule has 0 fully saturated rings. The van der Waals surface area contributed by atoms with Gasteiger partial charge in [0.25, 0.3) is 0 Å². The first-order chi connectivity index (χ1) is 6.52. The lowest BCUT2D eigenvalue weighted by Crippen LogP contribution is -3.00. The van der Waals surface area contributed by atoms with E-state index in [0.29, 0.717) is 10.9 Å². The van der Waals surface area contributed by atoms with Crippen molar-refractivity contribution in [2.75, 3.05) is 14.1 Å². The number of amides is 1. The first kappa shape index (κ1) is 14.2. The fourth-order valence-corrected chi connectivity index (χ4v) is 0.987. The highest BCUT2D eigenvalue weighted by atomic mass is 79.9. The monoisotopic (exact) mass is 294 g/mol. The van der Waals surface area contributed by atoms with Crippen molar-refractivity contribution in [3.8, 4) is 5.75 Å². The molecule has 0 aliphatic rings. The minimum atomic E-state index is -0.446. The molecular formula is C9H12BrClN2O2. The van der Waals surface area contributed by atoms with Gasteiger partial charge in [-0.25, -0.2) is 4.79 Å². The van der Waals surface area contributed by atoms with Crippen LogP contribution in [0.4, 0.5) is 4.79 Å². The summed E-state index contributed by atoms with van der Waals surface area (Å²) >= 11 is 5.91. The molecule has 0 saturated heterocycles. The van der Waals surface area contributed by atoms with E-state index in [0.717, 1.165) is 0 Å². The molecule has 84 valence electrons. The van der Waals surface area contributed by atoms with E-state index in [2.05, 4.69) is 0 Å². The number of hydrogen-bond acceptors (Lipinski definition) is 2. The van der Waals surface area contributed by atoms with Crippen molar-refractivity contribution in [2.24, 2.45) is 7.05 Å². The van der Waals surface area contributed by atoms with Gasteiger partial charge < -0.3 is 26.6 Å². The SMILES string of the molecule is CN(C)C(=O)Oc1ccc[n+](C)c1Cl.[Br-]. The molecule has 0 saturated carbocycles. The van der Waals surface area contributed by atoms with E-state index < -0.39 is 6.09 Å². The quantitative estimate of drug-likeness (QED) is 0.454. The summed E-state index contributed by atoms with van der Waals surface area (Å²) in [5.74, 6) is 0.357. The molecule has 1 amide bonds. The number of aromatic nitrogens is 1. The summed E-state index contributed by atoms with van der Waals surface area (Å²) in [6.07, 6.45) is 1.33. The predicted octanol–water partition coefficient (Wildman–Crippen LogP) is -1.77. The Morgan fingerprint density at radius 2 is 2.13 bits per heavy atom. The van der Waals surface area contributed by atoms with Crippen molar-refractivity contribution in [3.05, 3.63) is 23.5 Å². The Morgan fingerprint density at radius 3 is 2.67 bits per heavy atom. The fraction of sp³-hybridized carbons (Fsp3) is 0.333. The molecule has 0 unspecified atom stereocenters. The van der Waals surface area contributed by atoms with Gasteiger partial charge in [0.1, 0.15) is 7.05 Å². The van der Waals surface area contributed by atoms with Crippen LogP contribution in [-0.2, 0) is 7.05 Å². The summed E-state index contributed by atoms with van der Waals surface area (Å²) in [5, 5.41) is 0.391. The van der Waals surface area contributed by atoms with E-state index in [1.54, 1.807) is 44.0 Å². The van der Waals surface area contributed by atoms with Crippen molar-refractivity contribution in [1.82, 2.24) is 4.90 Å². The molecule has 1 aromatic heterocycles. The molecule has 0 radical (unpaired) electrons. The molecule has 6 heteroatoms. The van der Waals surface area contributed by atoms with Crippen LogP contribution in [0.3, 0.4) is 0 Å². The normalized spacial score (nSPS) is 9.07. The van der Waals surface area contributed by atoms with Crippen LogP contribution in [0.2, 0.25) is 5.15 Å². The Labute approximate surface area is 104 Å². The van der Waals surface area contributed by atoms with Gasteiger partial charge in [-0.15, -0.1) is 0 Å². The molecule has 0 aliphatic carbocycles.